The molecule has 3 aromatic carbocycles. The summed E-state index contributed by atoms with van der Waals surface area (Å²) in [6.45, 7) is -0.737. The molecule has 0 spiro atoms. The molecule has 0 saturated carbocycles. The Kier molecular flexibility index (Phi) is 8.45. The summed E-state index contributed by atoms with van der Waals surface area (Å²) in [5.74, 6) is -4.31. The third-order valence-electron chi connectivity index (χ3n) is 5.98. The van der Waals surface area contributed by atoms with Crippen LogP contribution in [0.2, 0.25) is 0 Å². The van der Waals surface area contributed by atoms with Gasteiger partial charge in [-0.2, -0.15) is 8.78 Å². The van der Waals surface area contributed by atoms with Crippen LogP contribution in [0.3, 0.4) is 0 Å². The number of methoxy groups -OCH3 is 1. The minimum absolute atomic E-state index is 0.0162. The van der Waals surface area contributed by atoms with Gasteiger partial charge in [0.25, 0.3) is 10.0 Å². The first-order valence-electron chi connectivity index (χ1n) is 11.8. The first-order valence-corrected chi connectivity index (χ1v) is 13.2. The lowest BCUT2D eigenvalue weighted by atomic mass is 10.1. The molecule has 0 radical (unpaired) electrons. The van der Waals surface area contributed by atoms with Gasteiger partial charge in [0.1, 0.15) is 17.3 Å². The maximum Gasteiger partial charge on any atom is 0.340 e. The summed E-state index contributed by atoms with van der Waals surface area (Å²) in [6, 6.07) is 15.9. The van der Waals surface area contributed by atoms with Crippen LogP contribution in [0.15, 0.2) is 77.8 Å². The second kappa shape index (κ2) is 11.6. The zero-order valence-corrected chi connectivity index (χ0v) is 21.5. The van der Waals surface area contributed by atoms with E-state index in [1.165, 1.54) is 61.8 Å². The molecule has 1 aromatic heterocycles. The molecule has 0 aliphatic rings. The van der Waals surface area contributed by atoms with Crippen LogP contribution in [0.1, 0.15) is 11.1 Å². The fourth-order valence-electron chi connectivity index (χ4n) is 3.94. The van der Waals surface area contributed by atoms with Gasteiger partial charge in [-0.15, -0.1) is 0 Å². The molecule has 1 heterocycles. The Morgan fingerprint density at radius 2 is 1.74 bits per heavy atom. The molecule has 12 heteroatoms. The summed E-state index contributed by atoms with van der Waals surface area (Å²) in [6.07, 6.45) is -1.97. The Morgan fingerprint density at radius 3 is 2.44 bits per heavy atom. The smallest absolute Gasteiger partial charge is 0.340 e. The Labute approximate surface area is 222 Å². The van der Waals surface area contributed by atoms with Gasteiger partial charge in [-0.1, -0.05) is 12.1 Å². The summed E-state index contributed by atoms with van der Waals surface area (Å²) in [7, 11) is -2.56. The van der Waals surface area contributed by atoms with Crippen molar-refractivity contribution in [3.63, 3.8) is 0 Å². The Bertz CT molecular complexity index is 1540. The molecule has 0 aliphatic carbocycles. The lowest BCUT2D eigenvalue weighted by Crippen LogP contribution is -2.33. The number of fused-ring (bicyclic) bond motifs is 1. The second-order valence-corrected chi connectivity index (χ2v) is 10.5. The fourth-order valence-corrected chi connectivity index (χ4v) is 5.33. The molecule has 0 aliphatic heterocycles. The Hall–Kier alpha value is -3.64. The van der Waals surface area contributed by atoms with Gasteiger partial charge >= 0.3 is 12.3 Å². The van der Waals surface area contributed by atoms with Crippen molar-refractivity contribution in [3.8, 4) is 11.5 Å². The van der Waals surface area contributed by atoms with Crippen LogP contribution in [-0.2, 0) is 23.0 Å². The van der Waals surface area contributed by atoms with Crippen LogP contribution >= 0.6 is 0 Å². The summed E-state index contributed by atoms with van der Waals surface area (Å²) in [5, 5.41) is 3.74. The third-order valence-corrected chi connectivity index (χ3v) is 7.67. The average molecular weight is 569 g/mol. The van der Waals surface area contributed by atoms with Crippen LogP contribution in [0.5, 0.6) is 11.5 Å². The van der Waals surface area contributed by atoms with Crippen LogP contribution in [0.4, 0.5) is 22.0 Å². The zero-order valence-electron chi connectivity index (χ0n) is 20.7. The third kappa shape index (κ3) is 6.51. The molecule has 0 amide bonds. The van der Waals surface area contributed by atoms with E-state index in [2.05, 4.69) is 5.32 Å². The van der Waals surface area contributed by atoms with E-state index in [0.29, 0.717) is 41.8 Å². The average Bonchev–Trinajstić information content (AvgIpc) is 3.28. The van der Waals surface area contributed by atoms with Gasteiger partial charge in [0, 0.05) is 18.1 Å². The van der Waals surface area contributed by atoms with Gasteiger partial charge in [0.05, 0.1) is 17.5 Å². The first kappa shape index (κ1) is 28.4. The van der Waals surface area contributed by atoms with E-state index in [0.717, 1.165) is 10.0 Å². The molecule has 0 unspecified atom stereocenters. The number of aromatic nitrogens is 1. The second-order valence-electron chi connectivity index (χ2n) is 8.72. The number of nitrogens with zero attached hydrogens (tertiary/aromatic N) is 1. The van der Waals surface area contributed by atoms with E-state index in [1.54, 1.807) is 12.1 Å². The Morgan fingerprint density at radius 1 is 1.00 bits per heavy atom. The van der Waals surface area contributed by atoms with Crippen molar-refractivity contribution in [3.05, 3.63) is 89.9 Å². The topological polar surface area (TPSA) is 69.6 Å². The SMILES string of the molecule is COc1ccc(S(=O)(=O)n2cc(CCNCc3cccc(OCC(F)(F)C(F)F)c3)c3ccc(F)cc32)cc1. The van der Waals surface area contributed by atoms with E-state index >= 15 is 0 Å². The van der Waals surface area contributed by atoms with Crippen molar-refractivity contribution in [2.24, 2.45) is 0 Å². The summed E-state index contributed by atoms with van der Waals surface area (Å²) in [5.41, 5.74) is 1.53. The summed E-state index contributed by atoms with van der Waals surface area (Å²) >= 11 is 0. The lowest BCUT2D eigenvalue weighted by molar-refractivity contribution is -0.148. The monoisotopic (exact) mass is 568 g/mol. The molecule has 0 atom stereocenters. The molecular formula is C27H25F5N2O4S. The molecule has 1 N–H and O–H groups in total. The van der Waals surface area contributed by atoms with Crippen LogP contribution in [0, 0.1) is 5.82 Å². The number of hydrogen-bond donors (Lipinski definition) is 1. The predicted octanol–water partition coefficient (Wildman–Crippen LogP) is 5.64. The minimum atomic E-state index is -4.25. The highest BCUT2D eigenvalue weighted by atomic mass is 32.2. The molecule has 6 nitrogen and oxygen atoms in total. The number of nitrogens with one attached hydrogen (secondary N) is 1. The van der Waals surface area contributed by atoms with Gasteiger partial charge in [-0.25, -0.2) is 25.6 Å². The minimum Gasteiger partial charge on any atom is -0.497 e. The van der Waals surface area contributed by atoms with Crippen molar-refractivity contribution in [1.29, 1.82) is 0 Å². The first-order chi connectivity index (χ1) is 18.5. The molecule has 4 aromatic rings. The predicted molar refractivity (Wildman–Crippen MR) is 136 cm³/mol. The molecule has 208 valence electrons. The number of alkyl halides is 4. The molecule has 39 heavy (non-hydrogen) atoms. The van der Waals surface area contributed by atoms with Crippen molar-refractivity contribution < 1.29 is 39.8 Å². The molecule has 0 saturated heterocycles. The Balaban J connectivity index is 1.46. The van der Waals surface area contributed by atoms with Gasteiger partial charge in [0.2, 0.25) is 0 Å². The highest BCUT2D eigenvalue weighted by Crippen LogP contribution is 2.28. The van der Waals surface area contributed by atoms with Crippen molar-refractivity contribution >= 4 is 20.9 Å². The highest BCUT2D eigenvalue weighted by Gasteiger charge is 2.41. The zero-order chi connectivity index (χ0) is 28.2. The van der Waals surface area contributed by atoms with Crippen molar-refractivity contribution in [2.45, 2.75) is 30.2 Å². The standard InChI is InChI=1S/C27H25F5N2O4S/c1-37-21-6-8-23(9-7-21)39(35,36)34-16-19(24-10-5-20(28)14-25(24)34)11-12-33-15-18-3-2-4-22(13-18)38-17-27(31,32)26(29)30/h2-10,13-14,16,26,33H,11-12,15,17H2,1H3. The van der Waals surface area contributed by atoms with Gasteiger partial charge in [-0.05, 0) is 78.7 Å². The van der Waals surface area contributed by atoms with E-state index in [4.69, 9.17) is 9.47 Å². The van der Waals surface area contributed by atoms with Crippen LogP contribution in [-0.4, -0.2) is 45.0 Å². The van der Waals surface area contributed by atoms with E-state index < -0.39 is 34.8 Å². The number of ether oxygens (including phenoxy) is 2. The molecular weight excluding hydrogens is 543 g/mol. The van der Waals surface area contributed by atoms with Crippen molar-refractivity contribution in [2.75, 3.05) is 20.3 Å². The normalized spacial score (nSPS) is 12.3. The number of rotatable bonds is 12. The molecule has 4 rings (SSSR count). The molecule has 0 fully saturated rings. The fraction of sp³-hybridized carbons (Fsp3) is 0.259. The van der Waals surface area contributed by atoms with E-state index in [1.807, 2.05) is 0 Å². The maximum absolute atomic E-state index is 14.1. The number of benzene rings is 3. The van der Waals surface area contributed by atoms with Crippen molar-refractivity contribution in [1.82, 2.24) is 9.29 Å². The summed E-state index contributed by atoms with van der Waals surface area (Å²) < 4.78 is 103. The van der Waals surface area contributed by atoms with E-state index in [-0.39, 0.29) is 16.2 Å². The quantitative estimate of drug-likeness (QED) is 0.177. The molecule has 0 bridgehead atoms. The van der Waals surface area contributed by atoms with Gasteiger partial charge in [-0.3, -0.25) is 0 Å². The van der Waals surface area contributed by atoms with E-state index in [9.17, 15) is 30.4 Å². The van der Waals surface area contributed by atoms with Crippen LogP contribution < -0.4 is 14.8 Å². The van der Waals surface area contributed by atoms with Gasteiger partial charge < -0.3 is 14.8 Å². The summed E-state index contributed by atoms with van der Waals surface area (Å²) in [4.78, 5) is 0.0162. The number of hydrogen-bond acceptors (Lipinski definition) is 5. The maximum atomic E-state index is 14.1. The largest absolute Gasteiger partial charge is 0.497 e. The van der Waals surface area contributed by atoms with Crippen LogP contribution in [0.25, 0.3) is 10.9 Å². The number of halogens is 5. The highest BCUT2D eigenvalue weighted by molar-refractivity contribution is 7.90. The van der Waals surface area contributed by atoms with Gasteiger partial charge in [0.15, 0.2) is 6.61 Å². The lowest BCUT2D eigenvalue weighted by Gasteiger charge is -2.16.